The molecule has 2 aliphatic carbocycles. The maximum Gasteiger partial charge on any atom is -0.0253 e. The Balaban J connectivity index is 0.000000130. The number of carboxylic acids is 2. The fourth-order valence-corrected chi connectivity index (χ4v) is 9.87. The van der Waals surface area contributed by atoms with Gasteiger partial charge in [-0.1, -0.05) is 253 Å². The number of hydrogen-bond donors (Lipinski definition) is 2. The number of benzene rings is 10. The Kier molecular flexibility index (Phi) is 16.7. The van der Waals surface area contributed by atoms with Crippen molar-refractivity contribution in [1.29, 1.82) is 0 Å². The largest absolute Gasteiger partial charge is 0.179 e. The Bertz CT molecular complexity index is 2820. The van der Waals surface area contributed by atoms with Crippen molar-refractivity contribution in [3.8, 4) is 22.3 Å². The summed E-state index contributed by atoms with van der Waals surface area (Å²) in [5.41, 5.74) is 13.1. The molecule has 5 heteroatoms. The van der Waals surface area contributed by atoms with E-state index >= 15 is 0 Å². The molecular formula is C67H52O4Ti. The molecule has 0 aromatic heterocycles. The monoisotopic (exact) mass is 968 g/mol. The molecule has 0 saturated carbocycles. The van der Waals surface area contributed by atoms with Crippen molar-refractivity contribution in [2.24, 2.45) is 0 Å². The quantitative estimate of drug-likeness (QED) is 0.0904. The summed E-state index contributed by atoms with van der Waals surface area (Å²) in [6, 6.07) is 92.5. The van der Waals surface area contributed by atoms with E-state index in [4.69, 9.17) is 0 Å². The van der Waals surface area contributed by atoms with Gasteiger partial charge in [-0.05, 0) is 46.2 Å². The summed E-state index contributed by atoms with van der Waals surface area (Å²) in [5, 5.41) is 20.4. The van der Waals surface area contributed by atoms with Crippen molar-refractivity contribution in [1.82, 2.24) is 0 Å². The first-order valence-corrected chi connectivity index (χ1v) is 24.8. The van der Waals surface area contributed by atoms with E-state index in [-0.39, 0.29) is 0 Å². The van der Waals surface area contributed by atoms with Crippen LogP contribution in [0.4, 0.5) is 0 Å². The summed E-state index contributed by atoms with van der Waals surface area (Å²) in [5.74, 6) is -1.76. The zero-order valence-electron chi connectivity index (χ0n) is 39.7. The van der Waals surface area contributed by atoms with Gasteiger partial charge >= 0.3 is 36.7 Å². The molecule has 0 unspecified atom stereocenters. The van der Waals surface area contributed by atoms with Gasteiger partial charge < -0.3 is 10.2 Å². The van der Waals surface area contributed by atoms with Crippen molar-refractivity contribution < 1.29 is 39.8 Å². The summed E-state index contributed by atoms with van der Waals surface area (Å²) in [6.45, 7) is 0. The second-order valence-corrected chi connectivity index (χ2v) is 17.1. The van der Waals surface area contributed by atoms with E-state index in [0.29, 0.717) is 0 Å². The zero-order chi connectivity index (χ0) is 50.2. The first kappa shape index (κ1) is 50.1. The molecule has 0 spiro atoms. The minimum atomic E-state index is -1.20. The summed E-state index contributed by atoms with van der Waals surface area (Å²) >= 11 is 1.75. The summed E-state index contributed by atoms with van der Waals surface area (Å²) < 4.78 is 0. The number of aliphatic carboxylic acids is 2. The van der Waals surface area contributed by atoms with Gasteiger partial charge in [0.2, 0.25) is 0 Å². The van der Waals surface area contributed by atoms with Crippen molar-refractivity contribution in [3.05, 3.63) is 335 Å². The Morgan fingerprint density at radius 1 is 0.333 bits per heavy atom. The Hall–Kier alpha value is -8.28. The molecule has 10 aromatic rings. The van der Waals surface area contributed by atoms with Gasteiger partial charge in [-0.3, -0.25) is 9.59 Å². The Morgan fingerprint density at radius 2 is 0.556 bits per heavy atom. The third-order valence-corrected chi connectivity index (χ3v) is 13.1. The predicted molar refractivity (Wildman–Crippen MR) is 288 cm³/mol. The van der Waals surface area contributed by atoms with Gasteiger partial charge in [-0.25, -0.2) is 0 Å². The molecule has 0 atom stereocenters. The molecule has 348 valence electrons. The van der Waals surface area contributed by atoms with E-state index in [0.717, 1.165) is 46.2 Å². The maximum atomic E-state index is 12.4. The third-order valence-electron chi connectivity index (χ3n) is 13.1. The van der Waals surface area contributed by atoms with Crippen LogP contribution in [-0.2, 0) is 53.2 Å². The molecule has 0 heterocycles. The standard InChI is InChI=1S/2C20H16O2.2C13H9.CH2.Ti/c2*21-19(22)20(16-10-4-1-5-11-16,17-12-6-2-7-13-17)18-14-8-3-9-15-18;2*1-3-7-12-10(5-1)9-11-6-2-4-8-13(11)12;;/h2*1-15H,(H,21,22);2*1-5,7-8H,9H2;1H2;/q;;2*-1;;+2. The Labute approximate surface area is 434 Å². The number of rotatable bonds is 8. The van der Waals surface area contributed by atoms with Crippen LogP contribution in [0.15, 0.2) is 267 Å². The van der Waals surface area contributed by atoms with Gasteiger partial charge in [0, 0.05) is 0 Å². The van der Waals surface area contributed by atoms with Crippen LogP contribution in [0.3, 0.4) is 0 Å². The number of hydrogen-bond acceptors (Lipinski definition) is 2. The van der Waals surface area contributed by atoms with Crippen LogP contribution in [-0.4, -0.2) is 27.0 Å². The van der Waals surface area contributed by atoms with E-state index in [2.05, 4.69) is 89.7 Å². The summed E-state index contributed by atoms with van der Waals surface area (Å²) in [4.78, 5) is 28.1. The first-order valence-electron chi connectivity index (χ1n) is 23.7. The molecule has 0 amide bonds. The average Bonchev–Trinajstić information content (AvgIpc) is 4.03. The van der Waals surface area contributed by atoms with E-state index in [1.165, 1.54) is 44.5 Å². The smallest absolute Gasteiger partial charge is 0.0253 e. The van der Waals surface area contributed by atoms with Crippen molar-refractivity contribution >= 4 is 16.8 Å². The van der Waals surface area contributed by atoms with Crippen LogP contribution in [0.5, 0.6) is 0 Å². The minimum absolute atomic E-state index is 0.750. The molecule has 0 aliphatic heterocycles. The van der Waals surface area contributed by atoms with Gasteiger partial charge in [0.25, 0.3) is 0 Å². The fourth-order valence-electron chi connectivity index (χ4n) is 9.87. The average molecular weight is 969 g/mol. The molecule has 2 N–H and O–H groups in total. The van der Waals surface area contributed by atoms with Crippen molar-refractivity contribution in [2.75, 3.05) is 0 Å². The third kappa shape index (κ3) is 10.4. The van der Waals surface area contributed by atoms with E-state index < -0.39 is 22.8 Å². The van der Waals surface area contributed by atoms with E-state index in [1.807, 2.05) is 194 Å². The van der Waals surface area contributed by atoms with E-state index in [1.54, 1.807) is 20.0 Å². The predicted octanol–water partition coefficient (Wildman–Crippen LogP) is 14.3. The van der Waals surface area contributed by atoms with E-state index in [9.17, 15) is 19.8 Å². The molecule has 0 bridgehead atoms. The normalized spacial score (nSPS) is 11.3. The van der Waals surface area contributed by atoms with Gasteiger partial charge in [-0.15, -0.1) is 11.1 Å². The van der Waals surface area contributed by atoms with Crippen molar-refractivity contribution in [3.63, 3.8) is 0 Å². The number of carboxylic acid groups (broad SMARTS) is 2. The zero-order valence-corrected chi connectivity index (χ0v) is 41.3. The van der Waals surface area contributed by atoms with Crippen LogP contribution in [0, 0.1) is 12.1 Å². The minimum Gasteiger partial charge on any atom is -0.179 e. The number of fused-ring (bicyclic) bond motifs is 6. The van der Waals surface area contributed by atoms with Crippen LogP contribution >= 0.6 is 0 Å². The molecule has 12 rings (SSSR count). The molecule has 4 nitrogen and oxygen atoms in total. The van der Waals surface area contributed by atoms with Crippen molar-refractivity contribution in [2.45, 2.75) is 23.7 Å². The second-order valence-electron chi connectivity index (χ2n) is 17.1. The number of carbonyl (C=O) groups is 2. The molecule has 0 radical (unpaired) electrons. The molecule has 10 aromatic carbocycles. The maximum absolute atomic E-state index is 12.4. The summed E-state index contributed by atoms with van der Waals surface area (Å²) in [6.07, 6.45) is 2.10. The molecular weight excluding hydrogens is 917 g/mol. The van der Waals surface area contributed by atoms with Crippen LogP contribution < -0.4 is 0 Å². The van der Waals surface area contributed by atoms with Gasteiger partial charge in [0.1, 0.15) is 10.8 Å². The topological polar surface area (TPSA) is 74.6 Å². The van der Waals surface area contributed by atoms with Crippen LogP contribution in [0.25, 0.3) is 22.3 Å². The molecule has 72 heavy (non-hydrogen) atoms. The Morgan fingerprint density at radius 3 is 0.806 bits per heavy atom. The molecule has 0 fully saturated rings. The second kappa shape index (κ2) is 24.0. The molecule has 2 aliphatic rings. The van der Waals surface area contributed by atoms with Crippen LogP contribution in [0.1, 0.15) is 55.6 Å². The van der Waals surface area contributed by atoms with Gasteiger partial charge in [-0.2, -0.15) is 59.7 Å². The summed E-state index contributed by atoms with van der Waals surface area (Å²) in [7, 11) is 0. The SMILES string of the molecule is O=C(O)C(c1ccccc1)(c1ccccc1)c1ccccc1.O=C(O)C(c1ccccc1)(c1ccccc1)c1ccccc1.[CH2]=[Ti+2].[c-]1cccc2c1Cc1ccccc1-2.[c-]1cccc2c1Cc1ccccc1-2. The molecule has 0 saturated heterocycles. The van der Waals surface area contributed by atoms with Crippen LogP contribution in [0.2, 0.25) is 0 Å². The fraction of sp³-hybridized carbons (Fsp3) is 0.0597. The van der Waals surface area contributed by atoms with Gasteiger partial charge in [0.05, 0.1) is 0 Å². The van der Waals surface area contributed by atoms with Gasteiger partial charge in [0.15, 0.2) is 0 Å². The first-order chi connectivity index (χ1) is 35.4.